The van der Waals surface area contributed by atoms with Crippen LogP contribution in [0.1, 0.15) is 44.7 Å². The van der Waals surface area contributed by atoms with Gasteiger partial charge in [0.25, 0.3) is 0 Å². The van der Waals surface area contributed by atoms with E-state index in [2.05, 4.69) is 36.3 Å². The van der Waals surface area contributed by atoms with Crippen LogP contribution in [0.15, 0.2) is 18.2 Å². The topological polar surface area (TPSA) is 64.6 Å². The van der Waals surface area contributed by atoms with Gasteiger partial charge in [0.2, 0.25) is 5.91 Å². The van der Waals surface area contributed by atoms with Crippen LogP contribution in [0.5, 0.6) is 5.75 Å². The third-order valence-corrected chi connectivity index (χ3v) is 5.93. The molecule has 2 atom stereocenters. The van der Waals surface area contributed by atoms with Crippen molar-refractivity contribution in [1.29, 1.82) is 0 Å². The Bertz CT molecular complexity index is 624. The average Bonchev–Trinajstić information content (AvgIpc) is 2.62. The lowest BCUT2D eigenvalue weighted by molar-refractivity contribution is -0.124. The molecule has 2 aliphatic rings. The van der Waals surface area contributed by atoms with E-state index < -0.39 is 0 Å². The predicted octanol–water partition coefficient (Wildman–Crippen LogP) is 2.28. The molecule has 0 unspecified atom stereocenters. The zero-order valence-corrected chi connectivity index (χ0v) is 16.3. The molecule has 3 N–H and O–H groups in total. The van der Waals surface area contributed by atoms with E-state index in [0.717, 1.165) is 36.7 Å². The lowest BCUT2D eigenvalue weighted by Gasteiger charge is -2.35. The van der Waals surface area contributed by atoms with Gasteiger partial charge in [0.05, 0.1) is 6.04 Å². The number of nitrogens with one attached hydrogen (secondary N) is 2. The van der Waals surface area contributed by atoms with E-state index >= 15 is 0 Å². The summed E-state index contributed by atoms with van der Waals surface area (Å²) >= 11 is 0. The van der Waals surface area contributed by atoms with E-state index in [1.165, 1.54) is 12.8 Å². The van der Waals surface area contributed by atoms with Crippen molar-refractivity contribution in [3.05, 3.63) is 29.3 Å². The maximum absolute atomic E-state index is 12.8. The highest BCUT2D eigenvalue weighted by Crippen LogP contribution is 2.22. The van der Waals surface area contributed by atoms with E-state index in [-0.39, 0.29) is 23.7 Å². The number of aromatic hydroxyl groups is 1. The molecule has 2 aliphatic heterocycles. The molecule has 5 heteroatoms. The summed E-state index contributed by atoms with van der Waals surface area (Å²) in [6.07, 6.45) is 3.19. The summed E-state index contributed by atoms with van der Waals surface area (Å²) in [5.74, 6) is 1.60. The Hall–Kier alpha value is -1.59. The summed E-state index contributed by atoms with van der Waals surface area (Å²) in [5, 5.41) is 16.2. The molecule has 1 aromatic carbocycles. The molecule has 0 spiro atoms. The van der Waals surface area contributed by atoms with Crippen LogP contribution in [0.2, 0.25) is 0 Å². The van der Waals surface area contributed by atoms with Crippen molar-refractivity contribution in [2.45, 2.75) is 58.7 Å². The van der Waals surface area contributed by atoms with Gasteiger partial charge in [0, 0.05) is 19.1 Å². The number of phenols is 1. The number of carbonyl (C=O) groups excluding carboxylic acids is 1. The molecule has 2 heterocycles. The Labute approximate surface area is 157 Å². The third kappa shape index (κ3) is 4.77. The van der Waals surface area contributed by atoms with Crippen molar-refractivity contribution in [2.24, 2.45) is 11.8 Å². The Morgan fingerprint density at radius 3 is 2.73 bits per heavy atom. The molecule has 26 heavy (non-hydrogen) atoms. The zero-order valence-electron chi connectivity index (χ0n) is 16.3. The SMILES string of the molecule is CC1CCN(C[C@H](NC(=O)[C@@H]2Cc3ccc(O)cc3CN2)C(C)C)CC1. The summed E-state index contributed by atoms with van der Waals surface area (Å²) in [6, 6.07) is 5.40. The maximum atomic E-state index is 12.8. The second kappa shape index (κ2) is 8.40. The van der Waals surface area contributed by atoms with Gasteiger partial charge in [-0.05, 0) is 67.4 Å². The summed E-state index contributed by atoms with van der Waals surface area (Å²) < 4.78 is 0. The van der Waals surface area contributed by atoms with Crippen LogP contribution in [0, 0.1) is 11.8 Å². The van der Waals surface area contributed by atoms with E-state index in [1.807, 2.05) is 6.07 Å². The van der Waals surface area contributed by atoms with Gasteiger partial charge < -0.3 is 20.6 Å². The van der Waals surface area contributed by atoms with Crippen LogP contribution in [0.4, 0.5) is 0 Å². The number of fused-ring (bicyclic) bond motifs is 1. The molecule has 1 amide bonds. The number of phenolic OH excluding ortho intramolecular Hbond substituents is 1. The van der Waals surface area contributed by atoms with Crippen molar-refractivity contribution < 1.29 is 9.90 Å². The van der Waals surface area contributed by atoms with Gasteiger partial charge in [0.15, 0.2) is 0 Å². The molecule has 0 aliphatic carbocycles. The Balaban J connectivity index is 1.57. The number of hydrogen-bond acceptors (Lipinski definition) is 4. The predicted molar refractivity (Wildman–Crippen MR) is 104 cm³/mol. The molecule has 0 saturated carbocycles. The maximum Gasteiger partial charge on any atom is 0.237 e. The largest absolute Gasteiger partial charge is 0.508 e. The number of rotatable bonds is 5. The Kier molecular flexibility index (Phi) is 6.20. The summed E-state index contributed by atoms with van der Waals surface area (Å²) in [6.45, 7) is 10.5. The lowest BCUT2D eigenvalue weighted by Crippen LogP contribution is -2.54. The van der Waals surface area contributed by atoms with Crippen molar-refractivity contribution in [3.63, 3.8) is 0 Å². The van der Waals surface area contributed by atoms with Crippen molar-refractivity contribution in [2.75, 3.05) is 19.6 Å². The van der Waals surface area contributed by atoms with Crippen LogP contribution in [-0.4, -0.2) is 47.6 Å². The summed E-state index contributed by atoms with van der Waals surface area (Å²) in [5.41, 5.74) is 2.23. The number of benzene rings is 1. The summed E-state index contributed by atoms with van der Waals surface area (Å²) in [4.78, 5) is 15.3. The fourth-order valence-electron chi connectivity index (χ4n) is 3.92. The number of nitrogens with zero attached hydrogens (tertiary/aromatic N) is 1. The smallest absolute Gasteiger partial charge is 0.237 e. The highest BCUT2D eigenvalue weighted by molar-refractivity contribution is 5.82. The van der Waals surface area contributed by atoms with Crippen LogP contribution in [-0.2, 0) is 17.8 Å². The zero-order chi connectivity index (χ0) is 18.7. The lowest BCUT2D eigenvalue weighted by atomic mass is 9.94. The number of piperidine rings is 1. The van der Waals surface area contributed by atoms with Crippen molar-refractivity contribution in [1.82, 2.24) is 15.5 Å². The number of amides is 1. The van der Waals surface area contributed by atoms with Gasteiger partial charge >= 0.3 is 0 Å². The highest BCUT2D eigenvalue weighted by Gasteiger charge is 2.28. The van der Waals surface area contributed by atoms with Crippen LogP contribution >= 0.6 is 0 Å². The average molecular weight is 360 g/mol. The van der Waals surface area contributed by atoms with Crippen LogP contribution < -0.4 is 10.6 Å². The normalized spacial score (nSPS) is 22.8. The van der Waals surface area contributed by atoms with Crippen molar-refractivity contribution >= 4 is 5.91 Å². The Morgan fingerprint density at radius 2 is 2.04 bits per heavy atom. The first-order valence-corrected chi connectivity index (χ1v) is 9.99. The molecule has 0 radical (unpaired) electrons. The van der Waals surface area contributed by atoms with E-state index in [0.29, 0.717) is 18.9 Å². The molecule has 0 bridgehead atoms. The quantitative estimate of drug-likeness (QED) is 0.755. The van der Waals surface area contributed by atoms with Crippen molar-refractivity contribution in [3.8, 4) is 5.75 Å². The third-order valence-electron chi connectivity index (χ3n) is 5.93. The number of carbonyl (C=O) groups is 1. The number of likely N-dealkylation sites (tertiary alicyclic amines) is 1. The second-order valence-electron chi connectivity index (χ2n) is 8.43. The van der Waals surface area contributed by atoms with Crippen LogP contribution in [0.3, 0.4) is 0 Å². The van der Waals surface area contributed by atoms with Gasteiger partial charge in [0.1, 0.15) is 5.75 Å². The van der Waals surface area contributed by atoms with Gasteiger partial charge in [-0.2, -0.15) is 0 Å². The monoisotopic (exact) mass is 359 g/mol. The second-order valence-corrected chi connectivity index (χ2v) is 8.43. The molecule has 3 rings (SSSR count). The standard InChI is InChI=1S/C21H33N3O2/c1-14(2)20(13-24-8-6-15(3)7-9-24)23-21(26)19-11-16-4-5-18(25)10-17(16)12-22-19/h4-5,10,14-15,19-20,22,25H,6-9,11-13H2,1-3H3,(H,23,26)/t19-,20-/m0/s1. The molecule has 1 saturated heterocycles. The Morgan fingerprint density at radius 1 is 1.31 bits per heavy atom. The molecular formula is C21H33N3O2. The van der Waals surface area contributed by atoms with E-state index in [1.54, 1.807) is 12.1 Å². The van der Waals surface area contributed by atoms with Crippen LogP contribution in [0.25, 0.3) is 0 Å². The molecule has 144 valence electrons. The number of hydrogen-bond donors (Lipinski definition) is 3. The minimum atomic E-state index is -0.199. The van der Waals surface area contributed by atoms with Gasteiger partial charge in [-0.15, -0.1) is 0 Å². The molecule has 1 aromatic rings. The van der Waals surface area contributed by atoms with Gasteiger partial charge in [-0.25, -0.2) is 0 Å². The highest BCUT2D eigenvalue weighted by atomic mass is 16.3. The molecular weight excluding hydrogens is 326 g/mol. The first-order chi connectivity index (χ1) is 12.4. The summed E-state index contributed by atoms with van der Waals surface area (Å²) in [7, 11) is 0. The first kappa shape index (κ1) is 19.2. The van der Waals surface area contributed by atoms with Gasteiger partial charge in [-0.3, -0.25) is 4.79 Å². The fraction of sp³-hybridized carbons (Fsp3) is 0.667. The van der Waals surface area contributed by atoms with E-state index in [4.69, 9.17) is 0 Å². The fourth-order valence-corrected chi connectivity index (χ4v) is 3.92. The van der Waals surface area contributed by atoms with E-state index in [9.17, 15) is 9.90 Å². The molecule has 0 aromatic heterocycles. The minimum Gasteiger partial charge on any atom is -0.508 e. The molecule has 1 fully saturated rings. The minimum absolute atomic E-state index is 0.0906. The molecule has 5 nitrogen and oxygen atoms in total. The van der Waals surface area contributed by atoms with Gasteiger partial charge in [-0.1, -0.05) is 26.8 Å². The first-order valence-electron chi connectivity index (χ1n) is 9.99.